The Hall–Kier alpha value is -2.04. The first-order valence-electron chi connectivity index (χ1n) is 8.41. The van der Waals surface area contributed by atoms with Crippen LogP contribution in [0.3, 0.4) is 0 Å². The van der Waals surface area contributed by atoms with Crippen molar-refractivity contribution in [3.63, 3.8) is 0 Å². The number of rotatable bonds is 7. The van der Waals surface area contributed by atoms with E-state index in [1.165, 1.54) is 10.4 Å². The van der Waals surface area contributed by atoms with E-state index in [9.17, 15) is 4.79 Å². The van der Waals surface area contributed by atoms with Gasteiger partial charge in [-0.25, -0.2) is 0 Å². The number of thioether (sulfide) groups is 1. The Morgan fingerprint density at radius 2 is 1.84 bits per heavy atom. The summed E-state index contributed by atoms with van der Waals surface area (Å²) in [6.45, 7) is 2.17. The monoisotopic (exact) mass is 367 g/mol. The third kappa shape index (κ3) is 4.97. The lowest BCUT2D eigenvalue weighted by molar-refractivity contribution is 0.102. The lowest BCUT2D eigenvalue weighted by Crippen LogP contribution is -2.13. The fourth-order valence-corrected chi connectivity index (χ4v) is 4.39. The maximum atomic E-state index is 12.7. The van der Waals surface area contributed by atoms with Crippen LogP contribution in [0.2, 0.25) is 0 Å². The van der Waals surface area contributed by atoms with Crippen molar-refractivity contribution >= 4 is 34.7 Å². The molecule has 0 aliphatic rings. The molecule has 3 aromatic rings. The standard InChI is InChI=1S/C21H21NOS2/c1-2-6-16-10-12-17(13-11-16)22-21(23)19-8-3-4-9-20(19)25-15-18-7-5-14-24-18/h3-5,7-14H,2,6,15H2,1H3,(H,22,23). The Morgan fingerprint density at radius 3 is 2.56 bits per heavy atom. The summed E-state index contributed by atoms with van der Waals surface area (Å²) in [6, 6.07) is 20.1. The van der Waals surface area contributed by atoms with E-state index in [0.717, 1.165) is 34.7 Å². The minimum atomic E-state index is -0.0579. The highest BCUT2D eigenvalue weighted by molar-refractivity contribution is 7.98. The Morgan fingerprint density at radius 1 is 1.04 bits per heavy atom. The molecule has 1 aromatic heterocycles. The molecule has 3 rings (SSSR count). The van der Waals surface area contributed by atoms with Crippen molar-refractivity contribution in [2.75, 3.05) is 5.32 Å². The molecule has 0 atom stereocenters. The number of hydrogen-bond acceptors (Lipinski definition) is 3. The molecule has 1 amide bonds. The van der Waals surface area contributed by atoms with E-state index in [0.29, 0.717) is 0 Å². The van der Waals surface area contributed by atoms with E-state index >= 15 is 0 Å². The van der Waals surface area contributed by atoms with E-state index in [4.69, 9.17) is 0 Å². The summed E-state index contributed by atoms with van der Waals surface area (Å²) in [7, 11) is 0. The molecule has 0 unspecified atom stereocenters. The zero-order valence-electron chi connectivity index (χ0n) is 14.2. The SMILES string of the molecule is CCCc1ccc(NC(=O)c2ccccc2SCc2cccs2)cc1. The molecular formula is C21H21NOS2. The lowest BCUT2D eigenvalue weighted by atomic mass is 10.1. The molecule has 1 N–H and O–H groups in total. The zero-order chi connectivity index (χ0) is 17.5. The van der Waals surface area contributed by atoms with Gasteiger partial charge in [0, 0.05) is 21.2 Å². The van der Waals surface area contributed by atoms with Gasteiger partial charge in [0.05, 0.1) is 5.56 Å². The van der Waals surface area contributed by atoms with Crippen LogP contribution in [0.25, 0.3) is 0 Å². The Kier molecular flexibility index (Phi) is 6.31. The number of nitrogens with one attached hydrogen (secondary N) is 1. The first kappa shape index (κ1) is 17.8. The summed E-state index contributed by atoms with van der Waals surface area (Å²) >= 11 is 3.45. The van der Waals surface area contributed by atoms with E-state index in [2.05, 4.69) is 41.9 Å². The van der Waals surface area contributed by atoms with Gasteiger partial charge < -0.3 is 5.32 Å². The molecule has 0 aliphatic carbocycles. The maximum Gasteiger partial charge on any atom is 0.256 e. The molecular weight excluding hydrogens is 346 g/mol. The Balaban J connectivity index is 1.69. The zero-order valence-corrected chi connectivity index (χ0v) is 15.8. The molecule has 25 heavy (non-hydrogen) atoms. The topological polar surface area (TPSA) is 29.1 Å². The summed E-state index contributed by atoms with van der Waals surface area (Å²) in [6.07, 6.45) is 2.19. The van der Waals surface area contributed by atoms with E-state index < -0.39 is 0 Å². The summed E-state index contributed by atoms with van der Waals surface area (Å²) in [5.41, 5.74) is 2.86. The van der Waals surface area contributed by atoms with Gasteiger partial charge in [0.15, 0.2) is 0 Å². The largest absolute Gasteiger partial charge is 0.322 e. The van der Waals surface area contributed by atoms with Crippen molar-refractivity contribution in [2.45, 2.75) is 30.4 Å². The summed E-state index contributed by atoms with van der Waals surface area (Å²) in [4.78, 5) is 15.0. The van der Waals surface area contributed by atoms with Gasteiger partial charge >= 0.3 is 0 Å². The predicted octanol–water partition coefficient (Wildman–Crippen LogP) is 6.25. The van der Waals surface area contributed by atoms with Crippen LogP contribution in [-0.4, -0.2) is 5.91 Å². The molecule has 0 saturated carbocycles. The quantitative estimate of drug-likeness (QED) is 0.500. The fourth-order valence-electron chi connectivity index (χ4n) is 2.57. The van der Waals surface area contributed by atoms with Crippen LogP contribution in [0.1, 0.15) is 34.1 Å². The van der Waals surface area contributed by atoms with Gasteiger partial charge in [-0.1, -0.05) is 43.7 Å². The van der Waals surface area contributed by atoms with Gasteiger partial charge in [0.1, 0.15) is 0 Å². The van der Waals surface area contributed by atoms with Crippen molar-refractivity contribution in [1.29, 1.82) is 0 Å². The van der Waals surface area contributed by atoms with Crippen LogP contribution in [-0.2, 0) is 12.2 Å². The molecule has 1 heterocycles. The number of thiophene rings is 1. The predicted molar refractivity (Wildman–Crippen MR) is 109 cm³/mol. The van der Waals surface area contributed by atoms with E-state index in [-0.39, 0.29) is 5.91 Å². The summed E-state index contributed by atoms with van der Waals surface area (Å²) < 4.78 is 0. The summed E-state index contributed by atoms with van der Waals surface area (Å²) in [5, 5.41) is 5.09. The molecule has 0 radical (unpaired) electrons. The maximum absolute atomic E-state index is 12.7. The van der Waals surface area contributed by atoms with Crippen molar-refractivity contribution in [2.24, 2.45) is 0 Å². The molecule has 4 heteroatoms. The van der Waals surface area contributed by atoms with Crippen LogP contribution in [0, 0.1) is 0 Å². The van der Waals surface area contributed by atoms with Crippen LogP contribution < -0.4 is 5.32 Å². The van der Waals surface area contributed by atoms with Gasteiger partial charge in [-0.2, -0.15) is 0 Å². The lowest BCUT2D eigenvalue weighted by Gasteiger charge is -2.10. The smallest absolute Gasteiger partial charge is 0.256 e. The number of amides is 1. The van der Waals surface area contributed by atoms with Crippen LogP contribution in [0.4, 0.5) is 5.69 Å². The number of aryl methyl sites for hydroxylation is 1. The van der Waals surface area contributed by atoms with Gasteiger partial charge in [-0.05, 0) is 47.7 Å². The van der Waals surface area contributed by atoms with Gasteiger partial charge in [0.2, 0.25) is 0 Å². The van der Waals surface area contributed by atoms with Crippen molar-refractivity contribution in [1.82, 2.24) is 0 Å². The number of anilines is 1. The van der Waals surface area contributed by atoms with Gasteiger partial charge in [0.25, 0.3) is 5.91 Å². The Labute approximate surface area is 157 Å². The van der Waals surface area contributed by atoms with E-state index in [1.54, 1.807) is 23.1 Å². The third-order valence-electron chi connectivity index (χ3n) is 3.83. The molecule has 2 aromatic carbocycles. The highest BCUT2D eigenvalue weighted by Gasteiger charge is 2.12. The first-order chi connectivity index (χ1) is 12.3. The molecule has 128 valence electrons. The summed E-state index contributed by atoms with van der Waals surface area (Å²) in [5.74, 6) is 0.825. The molecule has 0 bridgehead atoms. The van der Waals surface area contributed by atoms with Gasteiger partial charge in [-0.15, -0.1) is 23.1 Å². The highest BCUT2D eigenvalue weighted by atomic mass is 32.2. The highest BCUT2D eigenvalue weighted by Crippen LogP contribution is 2.28. The normalized spacial score (nSPS) is 10.6. The number of hydrogen-bond donors (Lipinski definition) is 1. The van der Waals surface area contributed by atoms with Crippen molar-refractivity contribution in [3.8, 4) is 0 Å². The average Bonchev–Trinajstić information content (AvgIpc) is 3.16. The first-order valence-corrected chi connectivity index (χ1v) is 10.3. The van der Waals surface area contributed by atoms with Crippen molar-refractivity contribution < 1.29 is 4.79 Å². The molecule has 0 saturated heterocycles. The number of carbonyl (C=O) groups excluding carboxylic acids is 1. The second-order valence-corrected chi connectivity index (χ2v) is 7.81. The average molecular weight is 368 g/mol. The van der Waals surface area contributed by atoms with Crippen LogP contribution >= 0.6 is 23.1 Å². The minimum absolute atomic E-state index is 0.0579. The molecule has 2 nitrogen and oxygen atoms in total. The molecule has 0 aliphatic heterocycles. The number of benzene rings is 2. The Bertz CT molecular complexity index is 810. The van der Waals surface area contributed by atoms with Gasteiger partial charge in [-0.3, -0.25) is 4.79 Å². The van der Waals surface area contributed by atoms with E-state index in [1.807, 2.05) is 36.4 Å². The second kappa shape index (κ2) is 8.88. The third-order valence-corrected chi connectivity index (χ3v) is 6.01. The van der Waals surface area contributed by atoms with Crippen molar-refractivity contribution in [3.05, 3.63) is 82.0 Å². The molecule has 0 fully saturated rings. The van der Waals surface area contributed by atoms with Crippen LogP contribution in [0.15, 0.2) is 70.9 Å². The minimum Gasteiger partial charge on any atom is -0.322 e. The fraction of sp³-hybridized carbons (Fsp3) is 0.190. The number of carbonyl (C=O) groups is 1. The van der Waals surface area contributed by atoms with Crippen LogP contribution in [0.5, 0.6) is 0 Å². The second-order valence-electron chi connectivity index (χ2n) is 5.77. The molecule has 0 spiro atoms.